The highest BCUT2D eigenvalue weighted by Crippen LogP contribution is 2.40. The molecule has 1 unspecified atom stereocenters. The van der Waals surface area contributed by atoms with E-state index in [1.807, 2.05) is 0 Å². The Morgan fingerprint density at radius 1 is 1.30 bits per heavy atom. The number of methoxy groups -OCH3 is 1. The second-order valence-electron chi connectivity index (χ2n) is 7.87. The van der Waals surface area contributed by atoms with Crippen LogP contribution in [-0.2, 0) is 14.3 Å². The normalized spacial score (nSPS) is 21.6. The molecule has 1 saturated carbocycles. The number of nitrogens with zero attached hydrogens (tertiary/aromatic N) is 2. The summed E-state index contributed by atoms with van der Waals surface area (Å²) in [7, 11) is 5.28. The minimum atomic E-state index is 0. The predicted octanol–water partition coefficient (Wildman–Crippen LogP) is 1.86. The Morgan fingerprint density at radius 3 is 2.63 bits per heavy atom. The van der Waals surface area contributed by atoms with Crippen molar-refractivity contribution in [1.29, 1.82) is 0 Å². The Bertz CT molecular complexity index is 462. The lowest BCUT2D eigenvalue weighted by molar-refractivity contribution is -0.127. The van der Waals surface area contributed by atoms with Crippen LogP contribution in [0.3, 0.4) is 0 Å². The third kappa shape index (κ3) is 8.51. The highest BCUT2D eigenvalue weighted by molar-refractivity contribution is 14.0. The first-order valence-corrected chi connectivity index (χ1v) is 9.84. The third-order valence-corrected chi connectivity index (χ3v) is 5.58. The quantitative estimate of drug-likeness (QED) is 0.290. The van der Waals surface area contributed by atoms with E-state index < -0.39 is 0 Å². The van der Waals surface area contributed by atoms with Crippen LogP contribution in [0.2, 0.25) is 0 Å². The summed E-state index contributed by atoms with van der Waals surface area (Å²) < 4.78 is 10.8. The van der Waals surface area contributed by atoms with Gasteiger partial charge in [0.2, 0.25) is 5.91 Å². The summed E-state index contributed by atoms with van der Waals surface area (Å²) in [5.41, 5.74) is 0.278. The number of rotatable bonds is 9. The SMILES string of the molecule is COCCC1(CNC(=NCC(=O)N(C)C)NCC2CCOC2)CCCC1.I. The largest absolute Gasteiger partial charge is 0.385 e. The molecule has 8 heteroatoms. The molecule has 0 aromatic rings. The molecule has 0 spiro atoms. The molecule has 2 rings (SSSR count). The highest BCUT2D eigenvalue weighted by atomic mass is 127. The first-order valence-electron chi connectivity index (χ1n) is 9.84. The summed E-state index contributed by atoms with van der Waals surface area (Å²) in [5.74, 6) is 1.25. The van der Waals surface area contributed by atoms with Gasteiger partial charge in [-0.15, -0.1) is 24.0 Å². The standard InChI is InChI=1S/C19H36N4O3.HI/c1-23(2)17(24)13-21-18(20-12-16-6-10-26-14-16)22-15-19(9-11-25-3)7-4-5-8-19;/h16H,4-15H2,1-3H3,(H2,20,21,22);1H. The fourth-order valence-electron chi connectivity index (χ4n) is 3.68. The van der Waals surface area contributed by atoms with E-state index in [4.69, 9.17) is 9.47 Å². The lowest BCUT2D eigenvalue weighted by Gasteiger charge is -2.30. The Hall–Kier alpha value is -0.610. The molecule has 7 nitrogen and oxygen atoms in total. The molecule has 1 saturated heterocycles. The monoisotopic (exact) mass is 496 g/mol. The predicted molar refractivity (Wildman–Crippen MR) is 119 cm³/mol. The van der Waals surface area contributed by atoms with Crippen LogP contribution in [0.25, 0.3) is 0 Å². The maximum absolute atomic E-state index is 11.9. The first kappa shape index (κ1) is 24.4. The Morgan fingerprint density at radius 2 is 2.04 bits per heavy atom. The van der Waals surface area contributed by atoms with Gasteiger partial charge in [-0.2, -0.15) is 0 Å². The van der Waals surface area contributed by atoms with Crippen molar-refractivity contribution in [2.24, 2.45) is 16.3 Å². The molecule has 158 valence electrons. The highest BCUT2D eigenvalue weighted by Gasteiger charge is 2.33. The van der Waals surface area contributed by atoms with Gasteiger partial charge in [0.05, 0.1) is 6.61 Å². The van der Waals surface area contributed by atoms with Crippen LogP contribution < -0.4 is 10.6 Å². The molecule has 1 atom stereocenters. The van der Waals surface area contributed by atoms with Crippen molar-refractivity contribution >= 4 is 35.8 Å². The second-order valence-corrected chi connectivity index (χ2v) is 7.87. The number of aliphatic imine (C=N–C) groups is 1. The average molecular weight is 496 g/mol. The number of carbonyl (C=O) groups excluding carboxylic acids is 1. The molecule has 0 aromatic carbocycles. The van der Waals surface area contributed by atoms with Crippen LogP contribution in [0, 0.1) is 11.3 Å². The first-order chi connectivity index (χ1) is 12.5. The van der Waals surface area contributed by atoms with Crippen molar-refractivity contribution in [3.05, 3.63) is 0 Å². The van der Waals surface area contributed by atoms with Gasteiger partial charge < -0.3 is 25.0 Å². The van der Waals surface area contributed by atoms with Crippen LogP contribution in [-0.4, -0.2) is 77.4 Å². The zero-order valence-corrected chi connectivity index (χ0v) is 19.4. The van der Waals surface area contributed by atoms with Gasteiger partial charge in [-0.1, -0.05) is 12.8 Å². The summed E-state index contributed by atoms with van der Waals surface area (Å²) in [6, 6.07) is 0. The molecule has 2 N–H and O–H groups in total. The minimum Gasteiger partial charge on any atom is -0.385 e. The number of likely N-dealkylation sites (N-methyl/N-ethyl adjacent to an activating group) is 1. The van der Waals surface area contributed by atoms with Crippen molar-refractivity contribution in [2.45, 2.75) is 38.5 Å². The molecule has 1 aliphatic carbocycles. The number of ether oxygens (including phenoxy) is 2. The van der Waals surface area contributed by atoms with E-state index in [0.29, 0.717) is 5.92 Å². The zero-order valence-electron chi connectivity index (χ0n) is 17.1. The van der Waals surface area contributed by atoms with E-state index in [1.165, 1.54) is 25.7 Å². The van der Waals surface area contributed by atoms with Gasteiger partial charge in [0.15, 0.2) is 5.96 Å². The molecular formula is C19H37IN4O3. The van der Waals surface area contributed by atoms with Gasteiger partial charge in [-0.3, -0.25) is 4.79 Å². The van der Waals surface area contributed by atoms with Crippen LogP contribution in [0.4, 0.5) is 0 Å². The van der Waals surface area contributed by atoms with Gasteiger partial charge in [0, 0.05) is 53.4 Å². The summed E-state index contributed by atoms with van der Waals surface area (Å²) >= 11 is 0. The number of halogens is 1. The van der Waals surface area contributed by atoms with Crippen LogP contribution in [0.15, 0.2) is 4.99 Å². The van der Waals surface area contributed by atoms with Crippen molar-refractivity contribution < 1.29 is 14.3 Å². The maximum atomic E-state index is 11.9. The molecule has 0 radical (unpaired) electrons. The number of hydrogen-bond acceptors (Lipinski definition) is 4. The van der Waals surface area contributed by atoms with Crippen molar-refractivity contribution in [3.63, 3.8) is 0 Å². The summed E-state index contributed by atoms with van der Waals surface area (Å²) in [4.78, 5) is 18.0. The minimum absolute atomic E-state index is 0. The van der Waals surface area contributed by atoms with Crippen molar-refractivity contribution in [3.8, 4) is 0 Å². The van der Waals surface area contributed by atoms with Gasteiger partial charge in [-0.25, -0.2) is 4.99 Å². The van der Waals surface area contributed by atoms with E-state index >= 15 is 0 Å². The molecule has 1 heterocycles. The van der Waals surface area contributed by atoms with E-state index in [9.17, 15) is 4.79 Å². The number of amides is 1. The zero-order chi connectivity index (χ0) is 18.8. The Balaban J connectivity index is 0.00000364. The van der Waals surface area contributed by atoms with Gasteiger partial charge >= 0.3 is 0 Å². The Labute approximate surface area is 181 Å². The van der Waals surface area contributed by atoms with E-state index in [0.717, 1.165) is 51.7 Å². The van der Waals surface area contributed by atoms with Crippen LogP contribution >= 0.6 is 24.0 Å². The van der Waals surface area contributed by atoms with E-state index in [2.05, 4.69) is 15.6 Å². The topological polar surface area (TPSA) is 75.2 Å². The molecule has 1 amide bonds. The summed E-state index contributed by atoms with van der Waals surface area (Å²) in [6.45, 7) is 4.29. The smallest absolute Gasteiger partial charge is 0.243 e. The number of nitrogens with one attached hydrogen (secondary N) is 2. The molecule has 0 aromatic heterocycles. The van der Waals surface area contributed by atoms with Crippen LogP contribution in [0.1, 0.15) is 38.5 Å². The molecular weight excluding hydrogens is 459 g/mol. The van der Waals surface area contributed by atoms with Crippen molar-refractivity contribution in [1.82, 2.24) is 15.5 Å². The molecule has 2 aliphatic rings. The number of carbonyl (C=O) groups is 1. The number of hydrogen-bond donors (Lipinski definition) is 2. The summed E-state index contributed by atoms with van der Waals surface area (Å²) in [5, 5.41) is 6.91. The Kier molecular flexibility index (Phi) is 11.6. The van der Waals surface area contributed by atoms with Gasteiger partial charge in [-0.05, 0) is 31.1 Å². The van der Waals surface area contributed by atoms with Gasteiger partial charge in [0.1, 0.15) is 6.54 Å². The van der Waals surface area contributed by atoms with Crippen LogP contribution in [0.5, 0.6) is 0 Å². The van der Waals surface area contributed by atoms with E-state index in [1.54, 1.807) is 26.1 Å². The molecule has 27 heavy (non-hydrogen) atoms. The van der Waals surface area contributed by atoms with Crippen molar-refractivity contribution in [2.75, 3.05) is 60.7 Å². The average Bonchev–Trinajstić information content (AvgIpc) is 3.31. The van der Waals surface area contributed by atoms with Gasteiger partial charge in [0.25, 0.3) is 0 Å². The number of guanidine groups is 1. The van der Waals surface area contributed by atoms with E-state index in [-0.39, 0.29) is 41.8 Å². The lowest BCUT2D eigenvalue weighted by Crippen LogP contribution is -2.45. The molecule has 0 bridgehead atoms. The third-order valence-electron chi connectivity index (χ3n) is 5.58. The fourth-order valence-corrected chi connectivity index (χ4v) is 3.68. The molecule has 2 fully saturated rings. The fraction of sp³-hybridized carbons (Fsp3) is 0.895. The maximum Gasteiger partial charge on any atom is 0.243 e. The summed E-state index contributed by atoms with van der Waals surface area (Å²) in [6.07, 6.45) is 7.16. The second kappa shape index (κ2) is 12.8. The lowest BCUT2D eigenvalue weighted by atomic mass is 9.83. The molecule has 1 aliphatic heterocycles.